The molecule has 0 spiro atoms. The second-order valence-corrected chi connectivity index (χ2v) is 9.40. The van der Waals surface area contributed by atoms with Crippen LogP contribution in [0.4, 0.5) is 5.69 Å². The summed E-state index contributed by atoms with van der Waals surface area (Å²) >= 11 is 0. The van der Waals surface area contributed by atoms with Crippen molar-refractivity contribution in [3.05, 3.63) is 53.1 Å². The molecular formula is C26H33NO5. The summed E-state index contributed by atoms with van der Waals surface area (Å²) in [6.07, 6.45) is 0.778. The van der Waals surface area contributed by atoms with E-state index in [0.29, 0.717) is 11.5 Å². The Bertz CT molecular complexity index is 967. The predicted octanol–water partition coefficient (Wildman–Crippen LogP) is 5.21. The van der Waals surface area contributed by atoms with Crippen LogP contribution in [0.3, 0.4) is 0 Å². The molecule has 1 N–H and O–H groups in total. The molecule has 6 nitrogen and oxygen atoms in total. The number of hydrogen-bond donors (Lipinski definition) is 1. The van der Waals surface area contributed by atoms with Crippen LogP contribution in [0.5, 0.6) is 11.5 Å². The lowest BCUT2D eigenvalue weighted by atomic mass is 9.92. The molecule has 1 amide bonds. The lowest BCUT2D eigenvalue weighted by Crippen LogP contribution is -2.25. The molecule has 32 heavy (non-hydrogen) atoms. The Morgan fingerprint density at radius 1 is 1.00 bits per heavy atom. The van der Waals surface area contributed by atoms with Gasteiger partial charge in [0.15, 0.2) is 24.7 Å². The number of hydrogen-bond acceptors (Lipinski definition) is 5. The number of amides is 1. The number of para-hydroxylation sites is 2. The maximum Gasteiger partial charge on any atom is 0.344 e. The second-order valence-electron chi connectivity index (χ2n) is 9.40. The largest absolute Gasteiger partial charge is 0.483 e. The van der Waals surface area contributed by atoms with Crippen molar-refractivity contribution >= 4 is 17.6 Å². The van der Waals surface area contributed by atoms with Gasteiger partial charge in [-0.2, -0.15) is 0 Å². The fraction of sp³-hybridized carbons (Fsp3) is 0.462. The highest BCUT2D eigenvalue weighted by molar-refractivity contribution is 5.94. The number of carbonyl (C=O) groups is 2. The molecule has 0 saturated carbocycles. The number of benzene rings is 2. The minimum absolute atomic E-state index is 0.250. The quantitative estimate of drug-likeness (QED) is 0.572. The highest BCUT2D eigenvalue weighted by Gasteiger charge is 2.32. The normalized spacial score (nSPS) is 14.1. The van der Waals surface area contributed by atoms with E-state index >= 15 is 0 Å². The van der Waals surface area contributed by atoms with Crippen molar-refractivity contribution in [1.29, 1.82) is 0 Å². The molecule has 6 heteroatoms. The summed E-state index contributed by atoms with van der Waals surface area (Å²) in [5.74, 6) is 0.672. The first kappa shape index (κ1) is 23.6. The topological polar surface area (TPSA) is 73.9 Å². The highest BCUT2D eigenvalue weighted by atomic mass is 16.6. The number of fused-ring (bicyclic) bond motifs is 1. The number of carbonyl (C=O) groups excluding carboxylic acids is 2. The molecule has 0 saturated heterocycles. The third-order valence-electron chi connectivity index (χ3n) is 5.40. The van der Waals surface area contributed by atoms with Crippen molar-refractivity contribution in [1.82, 2.24) is 0 Å². The Hall–Kier alpha value is -3.02. The van der Waals surface area contributed by atoms with Gasteiger partial charge in [-0.05, 0) is 42.9 Å². The van der Waals surface area contributed by atoms with Crippen molar-refractivity contribution in [2.45, 2.75) is 65.4 Å². The van der Waals surface area contributed by atoms with Gasteiger partial charge in [0.2, 0.25) is 0 Å². The number of esters is 1. The van der Waals surface area contributed by atoms with Crippen LogP contribution in [-0.4, -0.2) is 30.7 Å². The molecule has 0 radical (unpaired) electrons. The Balaban J connectivity index is 1.56. The summed E-state index contributed by atoms with van der Waals surface area (Å²) < 4.78 is 16.7. The van der Waals surface area contributed by atoms with E-state index in [0.717, 1.165) is 28.8 Å². The lowest BCUT2D eigenvalue weighted by Gasteiger charge is -2.20. The van der Waals surface area contributed by atoms with Gasteiger partial charge < -0.3 is 19.5 Å². The summed E-state index contributed by atoms with van der Waals surface area (Å²) in [5, 5.41) is 2.94. The van der Waals surface area contributed by atoms with Crippen LogP contribution in [0, 0.1) is 0 Å². The Morgan fingerprint density at radius 2 is 1.62 bits per heavy atom. The zero-order valence-electron chi connectivity index (χ0n) is 19.8. The fourth-order valence-electron chi connectivity index (χ4n) is 3.90. The molecule has 1 aliphatic heterocycles. The minimum Gasteiger partial charge on any atom is -0.483 e. The number of anilines is 1. The molecule has 1 aliphatic rings. The van der Waals surface area contributed by atoms with Crippen LogP contribution >= 0.6 is 0 Å². The molecule has 0 aromatic heterocycles. The van der Waals surface area contributed by atoms with Crippen LogP contribution in [0.25, 0.3) is 0 Å². The van der Waals surface area contributed by atoms with E-state index in [-0.39, 0.29) is 36.6 Å². The number of nitrogens with one attached hydrogen (secondary N) is 1. The highest BCUT2D eigenvalue weighted by Crippen LogP contribution is 2.41. The van der Waals surface area contributed by atoms with E-state index < -0.39 is 5.97 Å². The minimum atomic E-state index is -0.615. The van der Waals surface area contributed by atoms with E-state index in [9.17, 15) is 9.59 Å². The average molecular weight is 440 g/mol. The van der Waals surface area contributed by atoms with Gasteiger partial charge in [-0.25, -0.2) is 4.79 Å². The maximum atomic E-state index is 12.5. The first-order valence-corrected chi connectivity index (χ1v) is 11.1. The standard InChI is InChI=1S/C26H33NO5/c1-16(2)19-10-8-11-20(17(3)4)24(19)27-22(28)14-31-23(29)15-30-21-12-7-9-18-13-26(5,6)32-25(18)21/h7-12,16-17H,13-15H2,1-6H3,(H,27,28). The summed E-state index contributed by atoms with van der Waals surface area (Å²) in [6.45, 7) is 11.7. The third-order valence-corrected chi connectivity index (χ3v) is 5.40. The zero-order chi connectivity index (χ0) is 23.5. The molecule has 3 rings (SSSR count). The van der Waals surface area contributed by atoms with E-state index in [1.165, 1.54) is 0 Å². The van der Waals surface area contributed by atoms with Gasteiger partial charge in [-0.1, -0.05) is 58.0 Å². The Kier molecular flexibility index (Phi) is 7.12. The molecule has 2 aromatic rings. The third kappa shape index (κ3) is 5.61. The Morgan fingerprint density at radius 3 is 2.25 bits per heavy atom. The first-order valence-electron chi connectivity index (χ1n) is 11.1. The van der Waals surface area contributed by atoms with Crippen LogP contribution in [0.2, 0.25) is 0 Å². The first-order chi connectivity index (χ1) is 15.1. The molecule has 172 valence electrons. The van der Waals surface area contributed by atoms with Crippen LogP contribution in [0.1, 0.15) is 70.1 Å². The van der Waals surface area contributed by atoms with Crippen molar-refractivity contribution in [2.24, 2.45) is 0 Å². The molecule has 0 fully saturated rings. The smallest absolute Gasteiger partial charge is 0.344 e. The van der Waals surface area contributed by atoms with Gasteiger partial charge in [0.25, 0.3) is 5.91 Å². The van der Waals surface area contributed by atoms with Gasteiger partial charge in [0.1, 0.15) is 5.60 Å². The molecule has 0 aliphatic carbocycles. The van der Waals surface area contributed by atoms with Crippen LogP contribution < -0.4 is 14.8 Å². The second kappa shape index (κ2) is 9.63. The lowest BCUT2D eigenvalue weighted by molar-refractivity contribution is -0.149. The number of ether oxygens (including phenoxy) is 3. The van der Waals surface area contributed by atoms with Gasteiger partial charge in [-0.3, -0.25) is 4.79 Å². The summed E-state index contributed by atoms with van der Waals surface area (Å²) in [7, 11) is 0. The summed E-state index contributed by atoms with van der Waals surface area (Å²) in [5.41, 5.74) is 3.65. The van der Waals surface area contributed by atoms with E-state index in [2.05, 4.69) is 33.0 Å². The zero-order valence-corrected chi connectivity index (χ0v) is 19.8. The van der Waals surface area contributed by atoms with Crippen molar-refractivity contribution < 1.29 is 23.8 Å². The van der Waals surface area contributed by atoms with Gasteiger partial charge in [-0.15, -0.1) is 0 Å². The van der Waals surface area contributed by atoms with Crippen molar-refractivity contribution in [2.75, 3.05) is 18.5 Å². The van der Waals surface area contributed by atoms with E-state index in [1.807, 2.05) is 44.2 Å². The predicted molar refractivity (Wildman–Crippen MR) is 125 cm³/mol. The molecule has 1 heterocycles. The fourth-order valence-corrected chi connectivity index (χ4v) is 3.90. The van der Waals surface area contributed by atoms with Gasteiger partial charge in [0, 0.05) is 17.7 Å². The molecular weight excluding hydrogens is 406 g/mol. The molecule has 0 atom stereocenters. The average Bonchev–Trinajstić information content (AvgIpc) is 3.04. The summed E-state index contributed by atoms with van der Waals surface area (Å²) in [4.78, 5) is 24.7. The molecule has 2 aromatic carbocycles. The van der Waals surface area contributed by atoms with E-state index in [4.69, 9.17) is 14.2 Å². The SMILES string of the molecule is CC(C)c1cccc(C(C)C)c1NC(=O)COC(=O)COc1cccc2c1OC(C)(C)C2. The van der Waals surface area contributed by atoms with Gasteiger partial charge >= 0.3 is 5.97 Å². The monoisotopic (exact) mass is 439 g/mol. The maximum absolute atomic E-state index is 12.5. The number of rotatable bonds is 8. The molecule has 0 unspecified atom stereocenters. The summed E-state index contributed by atoms with van der Waals surface area (Å²) in [6, 6.07) is 11.6. The molecule has 0 bridgehead atoms. The van der Waals surface area contributed by atoms with Crippen molar-refractivity contribution in [3.8, 4) is 11.5 Å². The van der Waals surface area contributed by atoms with E-state index in [1.54, 1.807) is 6.07 Å². The van der Waals surface area contributed by atoms with Crippen molar-refractivity contribution in [3.63, 3.8) is 0 Å². The van der Waals surface area contributed by atoms with Crippen LogP contribution in [-0.2, 0) is 20.7 Å². The Labute approximate surface area is 190 Å². The van der Waals surface area contributed by atoms with Gasteiger partial charge in [0.05, 0.1) is 0 Å². The van der Waals surface area contributed by atoms with Crippen LogP contribution in [0.15, 0.2) is 36.4 Å².